The van der Waals surface area contributed by atoms with E-state index in [-0.39, 0.29) is 17.5 Å². The van der Waals surface area contributed by atoms with E-state index in [1.807, 2.05) is 35.2 Å². The van der Waals surface area contributed by atoms with Gasteiger partial charge >= 0.3 is 6.03 Å². The van der Waals surface area contributed by atoms with Crippen molar-refractivity contribution < 1.29 is 9.53 Å². The first-order chi connectivity index (χ1) is 13.7. The SMILES string of the molecule is O=C(NCC1(c2ccccc2)CCOCC1)N1CCCC1c1ccc(Cl)cc1. The zero-order valence-corrected chi connectivity index (χ0v) is 16.8. The third-order valence-electron chi connectivity index (χ3n) is 6.18. The van der Waals surface area contributed by atoms with Gasteiger partial charge in [-0.2, -0.15) is 0 Å². The van der Waals surface area contributed by atoms with Crippen molar-refractivity contribution in [1.29, 1.82) is 0 Å². The van der Waals surface area contributed by atoms with Gasteiger partial charge in [-0.15, -0.1) is 0 Å². The maximum absolute atomic E-state index is 13.1. The van der Waals surface area contributed by atoms with Crippen molar-refractivity contribution in [3.8, 4) is 0 Å². The Bertz CT molecular complexity index is 788. The molecule has 2 saturated heterocycles. The van der Waals surface area contributed by atoms with E-state index in [9.17, 15) is 4.79 Å². The van der Waals surface area contributed by atoms with Crippen LogP contribution in [0.15, 0.2) is 54.6 Å². The fourth-order valence-corrected chi connectivity index (χ4v) is 4.63. The van der Waals surface area contributed by atoms with E-state index in [1.165, 1.54) is 5.56 Å². The zero-order chi connectivity index (χ0) is 19.4. The van der Waals surface area contributed by atoms with Crippen molar-refractivity contribution in [2.24, 2.45) is 0 Å². The zero-order valence-electron chi connectivity index (χ0n) is 16.1. The number of rotatable bonds is 4. The molecule has 1 unspecified atom stereocenters. The van der Waals surface area contributed by atoms with Crippen molar-refractivity contribution in [3.05, 3.63) is 70.7 Å². The first-order valence-corrected chi connectivity index (χ1v) is 10.5. The van der Waals surface area contributed by atoms with Gasteiger partial charge in [0.15, 0.2) is 0 Å². The maximum Gasteiger partial charge on any atom is 0.317 e. The molecule has 2 aliphatic rings. The Morgan fingerprint density at radius 1 is 1.11 bits per heavy atom. The minimum Gasteiger partial charge on any atom is -0.381 e. The second kappa shape index (κ2) is 8.54. The van der Waals surface area contributed by atoms with E-state index < -0.39 is 0 Å². The fraction of sp³-hybridized carbons (Fsp3) is 0.435. The molecule has 148 valence electrons. The summed E-state index contributed by atoms with van der Waals surface area (Å²) in [6.45, 7) is 2.91. The Balaban J connectivity index is 1.47. The van der Waals surface area contributed by atoms with Gasteiger partial charge in [-0.1, -0.05) is 54.1 Å². The van der Waals surface area contributed by atoms with Crippen LogP contribution in [0.2, 0.25) is 5.02 Å². The second-order valence-corrected chi connectivity index (χ2v) is 8.26. The molecule has 2 aromatic carbocycles. The van der Waals surface area contributed by atoms with Crippen molar-refractivity contribution in [1.82, 2.24) is 10.2 Å². The minimum absolute atomic E-state index is 0.0271. The third kappa shape index (κ3) is 4.03. The molecule has 4 rings (SSSR count). The van der Waals surface area contributed by atoms with Gasteiger partial charge in [-0.05, 0) is 48.9 Å². The molecule has 0 saturated carbocycles. The average Bonchev–Trinajstić information content (AvgIpc) is 3.24. The number of nitrogens with one attached hydrogen (secondary N) is 1. The summed E-state index contributed by atoms with van der Waals surface area (Å²) in [5.41, 5.74) is 2.39. The lowest BCUT2D eigenvalue weighted by molar-refractivity contribution is 0.0500. The predicted molar refractivity (Wildman–Crippen MR) is 112 cm³/mol. The van der Waals surface area contributed by atoms with Gasteiger partial charge in [0.2, 0.25) is 0 Å². The predicted octanol–water partition coefficient (Wildman–Crippen LogP) is 4.93. The van der Waals surface area contributed by atoms with E-state index in [0.29, 0.717) is 6.54 Å². The molecule has 2 aromatic rings. The third-order valence-corrected chi connectivity index (χ3v) is 6.43. The molecule has 4 nitrogen and oxygen atoms in total. The number of hydrogen-bond donors (Lipinski definition) is 1. The summed E-state index contributed by atoms with van der Waals surface area (Å²) in [6, 6.07) is 18.5. The smallest absolute Gasteiger partial charge is 0.317 e. The van der Waals surface area contributed by atoms with Gasteiger partial charge in [0.05, 0.1) is 6.04 Å². The highest BCUT2D eigenvalue weighted by molar-refractivity contribution is 6.30. The quantitative estimate of drug-likeness (QED) is 0.792. The van der Waals surface area contributed by atoms with Gasteiger partial charge in [-0.3, -0.25) is 0 Å². The van der Waals surface area contributed by atoms with Crippen LogP contribution in [0.3, 0.4) is 0 Å². The summed E-state index contributed by atoms with van der Waals surface area (Å²) in [5, 5.41) is 3.97. The Hall–Kier alpha value is -2.04. The van der Waals surface area contributed by atoms with Crippen LogP contribution in [-0.2, 0) is 10.2 Å². The molecule has 1 N–H and O–H groups in total. The van der Waals surface area contributed by atoms with Gasteiger partial charge in [0, 0.05) is 36.7 Å². The Morgan fingerprint density at radius 2 is 1.82 bits per heavy atom. The van der Waals surface area contributed by atoms with Crippen LogP contribution in [0.5, 0.6) is 0 Å². The molecule has 2 amide bonds. The number of urea groups is 1. The molecule has 0 bridgehead atoms. The molecule has 0 spiro atoms. The lowest BCUT2D eigenvalue weighted by Crippen LogP contribution is -2.48. The number of hydrogen-bond acceptors (Lipinski definition) is 2. The monoisotopic (exact) mass is 398 g/mol. The number of benzene rings is 2. The summed E-state index contributed by atoms with van der Waals surface area (Å²) < 4.78 is 5.60. The number of carbonyl (C=O) groups excluding carboxylic acids is 1. The summed E-state index contributed by atoms with van der Waals surface area (Å²) in [6.07, 6.45) is 3.88. The Morgan fingerprint density at radius 3 is 2.54 bits per heavy atom. The molecule has 0 radical (unpaired) electrons. The molecule has 2 fully saturated rings. The summed E-state index contributed by atoms with van der Waals surface area (Å²) >= 11 is 6.02. The number of halogens is 1. The summed E-state index contributed by atoms with van der Waals surface area (Å²) in [7, 11) is 0. The Labute approximate surface area is 171 Å². The standard InChI is InChI=1S/C23H27ClN2O2/c24-20-10-8-18(9-11-20)21-7-4-14-26(21)22(27)25-17-23(12-15-28-16-13-23)19-5-2-1-3-6-19/h1-3,5-6,8-11,21H,4,7,12-17H2,(H,25,27). The fourth-order valence-electron chi connectivity index (χ4n) is 4.51. The lowest BCUT2D eigenvalue weighted by Gasteiger charge is -2.38. The number of amides is 2. The van der Waals surface area contributed by atoms with E-state index in [1.54, 1.807) is 0 Å². The summed E-state index contributed by atoms with van der Waals surface area (Å²) in [5.74, 6) is 0. The summed E-state index contributed by atoms with van der Waals surface area (Å²) in [4.78, 5) is 15.0. The van der Waals surface area contributed by atoms with Crippen molar-refractivity contribution in [2.45, 2.75) is 37.1 Å². The van der Waals surface area contributed by atoms with E-state index in [4.69, 9.17) is 16.3 Å². The van der Waals surface area contributed by atoms with Crippen molar-refractivity contribution >= 4 is 17.6 Å². The molecular weight excluding hydrogens is 372 g/mol. The number of likely N-dealkylation sites (tertiary alicyclic amines) is 1. The van der Waals surface area contributed by atoms with Gasteiger partial charge in [-0.25, -0.2) is 4.79 Å². The van der Waals surface area contributed by atoms with E-state index in [0.717, 1.165) is 56.0 Å². The molecular formula is C23H27ClN2O2. The van der Waals surface area contributed by atoms with Crippen LogP contribution in [-0.4, -0.2) is 37.2 Å². The first kappa shape index (κ1) is 19.3. The highest BCUT2D eigenvalue weighted by atomic mass is 35.5. The van der Waals surface area contributed by atoms with Crippen molar-refractivity contribution in [3.63, 3.8) is 0 Å². The second-order valence-electron chi connectivity index (χ2n) is 7.82. The molecule has 0 aromatic heterocycles. The van der Waals surface area contributed by atoms with Crippen LogP contribution in [0.1, 0.15) is 42.9 Å². The number of carbonyl (C=O) groups is 1. The molecule has 1 atom stereocenters. The van der Waals surface area contributed by atoms with Crippen LogP contribution in [0.25, 0.3) is 0 Å². The molecule has 0 aliphatic carbocycles. The van der Waals surface area contributed by atoms with Crippen LogP contribution < -0.4 is 5.32 Å². The van der Waals surface area contributed by atoms with E-state index in [2.05, 4.69) is 29.6 Å². The van der Waals surface area contributed by atoms with Gasteiger partial charge < -0.3 is 15.0 Å². The molecule has 2 aliphatic heterocycles. The van der Waals surface area contributed by atoms with E-state index >= 15 is 0 Å². The number of ether oxygens (including phenoxy) is 1. The largest absolute Gasteiger partial charge is 0.381 e. The Kier molecular flexibility index (Phi) is 5.88. The van der Waals surface area contributed by atoms with Gasteiger partial charge in [0.25, 0.3) is 0 Å². The van der Waals surface area contributed by atoms with Crippen molar-refractivity contribution in [2.75, 3.05) is 26.3 Å². The number of nitrogens with zero attached hydrogens (tertiary/aromatic N) is 1. The van der Waals surface area contributed by atoms with Crippen LogP contribution >= 0.6 is 11.6 Å². The minimum atomic E-state index is -0.0509. The normalized spacial score (nSPS) is 21.5. The maximum atomic E-state index is 13.1. The molecule has 5 heteroatoms. The van der Waals surface area contributed by atoms with Gasteiger partial charge in [0.1, 0.15) is 0 Å². The van der Waals surface area contributed by atoms with Crippen LogP contribution in [0.4, 0.5) is 4.79 Å². The highest BCUT2D eigenvalue weighted by Crippen LogP contribution is 2.35. The molecule has 28 heavy (non-hydrogen) atoms. The topological polar surface area (TPSA) is 41.6 Å². The average molecular weight is 399 g/mol. The highest BCUT2D eigenvalue weighted by Gasteiger charge is 2.36. The molecule has 2 heterocycles. The lowest BCUT2D eigenvalue weighted by atomic mass is 9.74. The first-order valence-electron chi connectivity index (χ1n) is 10.1. The van der Waals surface area contributed by atoms with Crippen LogP contribution in [0, 0.1) is 0 Å².